The number of ether oxygens (including phenoxy) is 2. The first-order chi connectivity index (χ1) is 13.2. The Hall–Kier alpha value is -1.97. The molecule has 0 aromatic rings. The Balaban J connectivity index is 1.30. The van der Waals surface area contributed by atoms with Crippen molar-refractivity contribution in [3.8, 4) is 6.07 Å². The molecule has 5 aliphatic rings. The van der Waals surface area contributed by atoms with Crippen molar-refractivity contribution in [3.05, 3.63) is 0 Å². The first-order valence-corrected chi connectivity index (χ1v) is 10.5. The Morgan fingerprint density at radius 2 is 1.86 bits per heavy atom. The predicted molar refractivity (Wildman–Crippen MR) is 101 cm³/mol. The smallest absolute Gasteiger partial charge is 0.410 e. The van der Waals surface area contributed by atoms with Crippen LogP contribution in [0.25, 0.3) is 0 Å². The Morgan fingerprint density at radius 3 is 2.46 bits per heavy atom. The van der Waals surface area contributed by atoms with Crippen molar-refractivity contribution in [1.82, 2.24) is 10.2 Å². The summed E-state index contributed by atoms with van der Waals surface area (Å²) in [5.74, 6) is 1.28. The molecule has 154 valence electrons. The van der Waals surface area contributed by atoms with E-state index in [-0.39, 0.29) is 23.7 Å². The fourth-order valence-electron chi connectivity index (χ4n) is 6.02. The molecule has 7 heteroatoms. The molecule has 5 unspecified atom stereocenters. The van der Waals surface area contributed by atoms with Crippen LogP contribution in [0.1, 0.15) is 59.3 Å². The van der Waals surface area contributed by atoms with Crippen LogP contribution in [0, 0.1) is 34.5 Å². The molecule has 2 amide bonds. The van der Waals surface area contributed by atoms with Gasteiger partial charge in [-0.25, -0.2) is 9.59 Å². The number of amides is 2. The van der Waals surface area contributed by atoms with Crippen molar-refractivity contribution in [3.63, 3.8) is 0 Å². The minimum atomic E-state index is -0.540. The van der Waals surface area contributed by atoms with Crippen molar-refractivity contribution in [2.75, 3.05) is 13.1 Å². The molecule has 4 aliphatic carbocycles. The van der Waals surface area contributed by atoms with Crippen LogP contribution in [0.15, 0.2) is 0 Å². The van der Waals surface area contributed by atoms with E-state index in [1.54, 1.807) is 4.90 Å². The SMILES string of the molecule is CC(C)(C)OC(=O)NC1CCN(C(=O)OC2C3CC4C[C@@H]2CC(C#N)(C4)C3)C1. The van der Waals surface area contributed by atoms with Crippen molar-refractivity contribution in [2.24, 2.45) is 23.2 Å². The lowest BCUT2D eigenvalue weighted by molar-refractivity contribution is -0.121. The highest BCUT2D eigenvalue weighted by Gasteiger charge is 2.57. The molecule has 5 fully saturated rings. The van der Waals surface area contributed by atoms with Crippen LogP contribution in [0.3, 0.4) is 0 Å². The summed E-state index contributed by atoms with van der Waals surface area (Å²) in [7, 11) is 0. The lowest BCUT2D eigenvalue weighted by Crippen LogP contribution is -2.55. The molecule has 1 saturated heterocycles. The van der Waals surface area contributed by atoms with Gasteiger partial charge >= 0.3 is 12.2 Å². The van der Waals surface area contributed by atoms with Gasteiger partial charge in [0.2, 0.25) is 0 Å². The fraction of sp³-hybridized carbons (Fsp3) is 0.857. The molecule has 0 aromatic carbocycles. The molecule has 0 spiro atoms. The number of nitrogens with zero attached hydrogens (tertiary/aromatic N) is 2. The predicted octanol–water partition coefficient (Wildman–Crippen LogP) is 3.44. The van der Waals surface area contributed by atoms with Gasteiger partial charge in [0, 0.05) is 13.1 Å². The normalized spacial score (nSPS) is 38.8. The first kappa shape index (κ1) is 19.4. The molecule has 1 aliphatic heterocycles. The van der Waals surface area contributed by atoms with Crippen LogP contribution >= 0.6 is 0 Å². The van der Waals surface area contributed by atoms with Gasteiger partial charge in [-0.3, -0.25) is 0 Å². The molecule has 4 saturated carbocycles. The zero-order valence-corrected chi connectivity index (χ0v) is 17.1. The lowest BCUT2D eigenvalue weighted by Gasteiger charge is -2.56. The molecule has 7 nitrogen and oxygen atoms in total. The summed E-state index contributed by atoms with van der Waals surface area (Å²) in [6.45, 7) is 6.50. The van der Waals surface area contributed by atoms with Gasteiger partial charge in [0.25, 0.3) is 0 Å². The van der Waals surface area contributed by atoms with Crippen LogP contribution in [-0.4, -0.2) is 47.9 Å². The number of rotatable bonds is 2. The van der Waals surface area contributed by atoms with Crippen molar-refractivity contribution < 1.29 is 19.1 Å². The highest BCUT2D eigenvalue weighted by Crippen LogP contribution is 2.60. The van der Waals surface area contributed by atoms with Gasteiger partial charge in [-0.2, -0.15) is 5.26 Å². The van der Waals surface area contributed by atoms with Crippen LogP contribution in [0.2, 0.25) is 0 Å². The maximum atomic E-state index is 12.7. The number of carbonyl (C=O) groups is 2. The average molecular weight is 389 g/mol. The number of hydrogen-bond donors (Lipinski definition) is 1. The summed E-state index contributed by atoms with van der Waals surface area (Å²) in [4.78, 5) is 26.4. The molecular formula is C21H31N3O4. The van der Waals surface area contributed by atoms with Gasteiger partial charge in [0.15, 0.2) is 0 Å². The third kappa shape index (κ3) is 3.78. The second-order valence-electron chi connectivity index (χ2n) is 10.3. The third-order valence-electron chi connectivity index (χ3n) is 6.83. The largest absolute Gasteiger partial charge is 0.446 e. The van der Waals surface area contributed by atoms with Gasteiger partial charge < -0.3 is 19.7 Å². The maximum absolute atomic E-state index is 12.7. The maximum Gasteiger partial charge on any atom is 0.410 e. The Labute approximate surface area is 166 Å². The van der Waals surface area contributed by atoms with E-state index in [0.29, 0.717) is 37.3 Å². The van der Waals surface area contributed by atoms with E-state index in [0.717, 1.165) is 32.1 Å². The van der Waals surface area contributed by atoms with Crippen LogP contribution in [0.4, 0.5) is 9.59 Å². The fourth-order valence-corrected chi connectivity index (χ4v) is 6.02. The van der Waals surface area contributed by atoms with Crippen LogP contribution in [0.5, 0.6) is 0 Å². The summed E-state index contributed by atoms with van der Waals surface area (Å²) in [6.07, 6.45) is 4.86. The van der Waals surface area contributed by atoms with Crippen LogP contribution in [-0.2, 0) is 9.47 Å². The summed E-state index contributed by atoms with van der Waals surface area (Å²) in [5, 5.41) is 12.5. The first-order valence-electron chi connectivity index (χ1n) is 10.5. The van der Waals surface area contributed by atoms with Crippen molar-refractivity contribution in [2.45, 2.75) is 77.0 Å². The van der Waals surface area contributed by atoms with E-state index in [2.05, 4.69) is 11.4 Å². The molecule has 5 rings (SSSR count). The Bertz CT molecular complexity index is 679. The van der Waals surface area contributed by atoms with Gasteiger partial charge in [-0.05, 0) is 77.0 Å². The summed E-state index contributed by atoms with van der Waals surface area (Å²) in [6, 6.07) is 2.47. The molecular weight excluding hydrogens is 358 g/mol. The number of alkyl carbamates (subject to hydrolysis) is 1. The standard InChI is InChI=1S/C21H31N3O4/c1-20(2,3)28-18(25)23-16-4-5-24(11-16)19(26)27-17-14-6-13-7-15(17)10-21(8-13,9-14)12-22/h13-17H,4-11H2,1-3H3,(H,23,25)/t13?,14-,15?,16?,17?,21?/m1/s1. The van der Waals surface area contributed by atoms with E-state index in [1.807, 2.05) is 20.8 Å². The topological polar surface area (TPSA) is 91.7 Å². The van der Waals surface area contributed by atoms with E-state index in [1.165, 1.54) is 0 Å². The van der Waals surface area contributed by atoms with E-state index < -0.39 is 11.7 Å². The van der Waals surface area contributed by atoms with Gasteiger partial charge in [-0.1, -0.05) is 0 Å². The summed E-state index contributed by atoms with van der Waals surface area (Å²) in [5.41, 5.74) is -0.711. The van der Waals surface area contributed by atoms with Crippen LogP contribution < -0.4 is 5.32 Å². The highest BCUT2D eigenvalue weighted by atomic mass is 16.6. The summed E-state index contributed by atoms with van der Waals surface area (Å²) < 4.78 is 11.3. The number of nitriles is 1. The third-order valence-corrected chi connectivity index (χ3v) is 6.83. The summed E-state index contributed by atoms with van der Waals surface area (Å²) >= 11 is 0. The molecule has 0 radical (unpaired) electrons. The quantitative estimate of drug-likeness (QED) is 0.781. The number of hydrogen-bond acceptors (Lipinski definition) is 5. The number of carbonyl (C=O) groups excluding carboxylic acids is 2. The molecule has 28 heavy (non-hydrogen) atoms. The highest BCUT2D eigenvalue weighted by molar-refractivity contribution is 5.70. The molecule has 1 heterocycles. The van der Waals surface area contributed by atoms with E-state index in [4.69, 9.17) is 9.47 Å². The van der Waals surface area contributed by atoms with Gasteiger partial charge in [-0.15, -0.1) is 0 Å². The molecule has 6 atom stereocenters. The molecule has 0 aromatic heterocycles. The average Bonchev–Trinajstić information content (AvgIpc) is 3.04. The van der Waals surface area contributed by atoms with Crippen molar-refractivity contribution >= 4 is 12.2 Å². The van der Waals surface area contributed by atoms with E-state index >= 15 is 0 Å². The Morgan fingerprint density at radius 1 is 1.18 bits per heavy atom. The Kier molecular flexibility index (Phi) is 4.71. The second-order valence-corrected chi connectivity index (χ2v) is 10.3. The minimum absolute atomic E-state index is 0.0524. The number of likely N-dealkylation sites (tertiary alicyclic amines) is 1. The minimum Gasteiger partial charge on any atom is -0.446 e. The zero-order valence-electron chi connectivity index (χ0n) is 17.1. The number of nitrogens with one attached hydrogen (secondary N) is 1. The zero-order chi connectivity index (χ0) is 20.1. The molecule has 4 bridgehead atoms. The molecule has 1 N–H and O–H groups in total. The lowest BCUT2D eigenvalue weighted by atomic mass is 9.49. The van der Waals surface area contributed by atoms with Gasteiger partial charge in [0.05, 0.1) is 17.5 Å². The van der Waals surface area contributed by atoms with E-state index in [9.17, 15) is 14.9 Å². The van der Waals surface area contributed by atoms with Crippen molar-refractivity contribution in [1.29, 1.82) is 5.26 Å². The van der Waals surface area contributed by atoms with Gasteiger partial charge in [0.1, 0.15) is 11.7 Å². The monoisotopic (exact) mass is 389 g/mol. The second kappa shape index (κ2) is 6.82.